The van der Waals surface area contributed by atoms with Gasteiger partial charge in [0.05, 0.1) is 6.54 Å². The highest BCUT2D eigenvalue weighted by Gasteiger charge is 2.32. The zero-order chi connectivity index (χ0) is 20.8. The Morgan fingerprint density at radius 1 is 1.10 bits per heavy atom. The number of amides is 1. The van der Waals surface area contributed by atoms with E-state index in [2.05, 4.69) is 6.92 Å². The molecule has 0 spiro atoms. The van der Waals surface area contributed by atoms with Gasteiger partial charge in [0, 0.05) is 23.9 Å². The lowest BCUT2D eigenvalue weighted by atomic mass is 10.1. The lowest BCUT2D eigenvalue weighted by molar-refractivity contribution is -0.906. The molecule has 1 unspecified atom stereocenters. The summed E-state index contributed by atoms with van der Waals surface area (Å²) in [6.45, 7) is 4.12. The summed E-state index contributed by atoms with van der Waals surface area (Å²) in [5, 5.41) is -0.123. The number of unbranched alkanes of at least 4 members (excludes halogenated alkanes) is 1. The molecular weight excluding hydrogens is 397 g/mol. The third-order valence-corrected chi connectivity index (χ3v) is 6.29. The third kappa shape index (κ3) is 6.00. The van der Waals surface area contributed by atoms with E-state index in [0.717, 1.165) is 41.7 Å². The van der Waals surface area contributed by atoms with Crippen LogP contribution >= 0.6 is 11.8 Å². The first-order valence-electron chi connectivity index (χ1n) is 9.91. The highest BCUT2D eigenvalue weighted by atomic mass is 32.2. The average molecular weight is 424 g/mol. The maximum atomic E-state index is 13.6. The van der Waals surface area contributed by atoms with Gasteiger partial charge < -0.3 is 9.80 Å². The van der Waals surface area contributed by atoms with Crippen LogP contribution in [0.3, 0.4) is 0 Å². The summed E-state index contributed by atoms with van der Waals surface area (Å²) in [5.41, 5.74) is 1.46. The maximum Gasteiger partial charge on any atom is 0.278 e. The molecule has 3 nitrogen and oxygen atoms in total. The topological polar surface area (TPSA) is 24.8 Å². The molecule has 7 heteroatoms. The predicted octanol–water partition coefficient (Wildman–Crippen LogP) is 3.56. The van der Waals surface area contributed by atoms with Crippen LogP contribution in [0.25, 0.3) is 0 Å². The number of quaternary nitrogens is 1. The minimum absolute atomic E-state index is 0.00676. The largest absolute Gasteiger partial charge is 0.323 e. The van der Waals surface area contributed by atoms with Crippen molar-refractivity contribution >= 4 is 17.7 Å². The van der Waals surface area contributed by atoms with Crippen molar-refractivity contribution in [3.8, 4) is 0 Å². The molecule has 2 atom stereocenters. The second-order valence-electron chi connectivity index (χ2n) is 7.35. The van der Waals surface area contributed by atoms with E-state index < -0.39 is 11.6 Å². The molecular formula is C22H26F3N2OS+. The standard InChI is InChI=1S/C22H25F3N2OS/c1-2-3-8-26(14-16-11-19(24)13-20(25)12-16)15-21(28)27-9-10-29-22(27)17-4-6-18(23)7-5-17/h4-7,11-13,22H,2-3,8-10,14-15H2,1H3/p+1/t22-/m1/s1. The van der Waals surface area contributed by atoms with Crippen LogP contribution in [0, 0.1) is 17.5 Å². The first-order chi connectivity index (χ1) is 14.0. The minimum Gasteiger partial charge on any atom is -0.323 e. The van der Waals surface area contributed by atoms with Crippen LogP contribution in [0.1, 0.15) is 36.3 Å². The van der Waals surface area contributed by atoms with E-state index in [-0.39, 0.29) is 23.6 Å². The number of nitrogens with zero attached hydrogens (tertiary/aromatic N) is 1. The summed E-state index contributed by atoms with van der Waals surface area (Å²) < 4.78 is 40.3. The first-order valence-corrected chi connectivity index (χ1v) is 11.0. The molecule has 1 aliphatic rings. The van der Waals surface area contributed by atoms with E-state index in [0.29, 0.717) is 18.7 Å². The minimum atomic E-state index is -0.603. The van der Waals surface area contributed by atoms with E-state index in [1.165, 1.54) is 24.3 Å². The summed E-state index contributed by atoms with van der Waals surface area (Å²) >= 11 is 1.66. The van der Waals surface area contributed by atoms with Crippen LogP contribution in [0.5, 0.6) is 0 Å². The average Bonchev–Trinajstić information content (AvgIpc) is 3.16. The van der Waals surface area contributed by atoms with Crippen molar-refractivity contribution in [2.75, 3.05) is 25.4 Å². The van der Waals surface area contributed by atoms with Crippen molar-refractivity contribution in [3.63, 3.8) is 0 Å². The zero-order valence-electron chi connectivity index (χ0n) is 16.5. The molecule has 1 N–H and O–H groups in total. The van der Waals surface area contributed by atoms with Crippen molar-refractivity contribution in [2.24, 2.45) is 0 Å². The van der Waals surface area contributed by atoms with E-state index >= 15 is 0 Å². The van der Waals surface area contributed by atoms with Gasteiger partial charge in [-0.05, 0) is 36.2 Å². The Labute approximate surface area is 173 Å². The molecule has 2 aromatic carbocycles. The number of thioether (sulfide) groups is 1. The molecule has 3 rings (SSSR count). The quantitative estimate of drug-likeness (QED) is 0.702. The fourth-order valence-corrected chi connectivity index (χ4v) is 4.89. The summed E-state index contributed by atoms with van der Waals surface area (Å²) in [4.78, 5) is 15.9. The Balaban J connectivity index is 1.70. The van der Waals surface area contributed by atoms with E-state index in [1.807, 2.05) is 4.90 Å². The van der Waals surface area contributed by atoms with Gasteiger partial charge in [0.25, 0.3) is 5.91 Å². The van der Waals surface area contributed by atoms with Crippen molar-refractivity contribution < 1.29 is 22.9 Å². The van der Waals surface area contributed by atoms with Crippen LogP contribution < -0.4 is 4.90 Å². The van der Waals surface area contributed by atoms with Crippen LogP contribution in [0.2, 0.25) is 0 Å². The Bertz CT molecular complexity index is 811. The van der Waals surface area contributed by atoms with E-state index in [4.69, 9.17) is 0 Å². The van der Waals surface area contributed by atoms with Crippen LogP contribution in [-0.2, 0) is 11.3 Å². The Morgan fingerprint density at radius 2 is 1.79 bits per heavy atom. The molecule has 2 aromatic rings. The summed E-state index contributed by atoms with van der Waals surface area (Å²) in [5.74, 6) is -0.672. The Morgan fingerprint density at radius 3 is 2.45 bits per heavy atom. The monoisotopic (exact) mass is 423 g/mol. The molecule has 1 amide bonds. The first kappa shape index (κ1) is 21.7. The van der Waals surface area contributed by atoms with Crippen LogP contribution in [0.4, 0.5) is 13.2 Å². The van der Waals surface area contributed by atoms with Gasteiger partial charge >= 0.3 is 0 Å². The number of benzene rings is 2. The SMILES string of the molecule is CCCC[NH+](CC(=O)N1CCS[C@@H]1c1ccc(F)cc1)Cc1cc(F)cc(F)c1. The molecule has 1 fully saturated rings. The number of hydrogen-bond donors (Lipinski definition) is 1. The van der Waals surface area contributed by atoms with Crippen molar-refractivity contribution in [2.45, 2.75) is 31.7 Å². The van der Waals surface area contributed by atoms with Gasteiger partial charge in [0.1, 0.15) is 29.4 Å². The number of halogens is 3. The van der Waals surface area contributed by atoms with Gasteiger partial charge in [-0.1, -0.05) is 25.5 Å². The molecule has 1 aliphatic heterocycles. The van der Waals surface area contributed by atoms with Gasteiger partial charge in [0.2, 0.25) is 0 Å². The number of carbonyl (C=O) groups is 1. The van der Waals surface area contributed by atoms with Gasteiger partial charge in [-0.3, -0.25) is 4.79 Å². The fourth-order valence-electron chi connectivity index (χ4n) is 3.61. The normalized spacial score (nSPS) is 17.5. The van der Waals surface area contributed by atoms with Gasteiger partial charge in [-0.25, -0.2) is 13.2 Å². The molecule has 0 aromatic heterocycles. The number of carbonyl (C=O) groups excluding carboxylic acids is 1. The highest BCUT2D eigenvalue weighted by Crippen LogP contribution is 2.37. The van der Waals surface area contributed by atoms with E-state index in [1.54, 1.807) is 23.9 Å². The van der Waals surface area contributed by atoms with Crippen LogP contribution in [0.15, 0.2) is 42.5 Å². The second-order valence-corrected chi connectivity index (χ2v) is 8.53. The fraction of sp³-hybridized carbons (Fsp3) is 0.409. The maximum absolute atomic E-state index is 13.6. The molecule has 1 saturated heterocycles. The van der Waals surface area contributed by atoms with Gasteiger partial charge in [0.15, 0.2) is 6.54 Å². The molecule has 29 heavy (non-hydrogen) atoms. The van der Waals surface area contributed by atoms with Crippen molar-refractivity contribution in [1.29, 1.82) is 0 Å². The number of nitrogens with one attached hydrogen (secondary N) is 1. The lowest BCUT2D eigenvalue weighted by Gasteiger charge is -2.27. The van der Waals surface area contributed by atoms with Gasteiger partial charge in [-0.2, -0.15) is 0 Å². The van der Waals surface area contributed by atoms with Gasteiger partial charge in [-0.15, -0.1) is 11.8 Å². The smallest absolute Gasteiger partial charge is 0.278 e. The third-order valence-electron chi connectivity index (χ3n) is 5.03. The summed E-state index contributed by atoms with van der Waals surface area (Å²) in [7, 11) is 0. The summed E-state index contributed by atoms with van der Waals surface area (Å²) in [6.07, 6.45) is 1.91. The number of rotatable bonds is 8. The Kier molecular flexibility index (Phi) is 7.61. The highest BCUT2D eigenvalue weighted by molar-refractivity contribution is 7.99. The lowest BCUT2D eigenvalue weighted by Crippen LogP contribution is -3.12. The van der Waals surface area contributed by atoms with Crippen molar-refractivity contribution in [1.82, 2.24) is 4.90 Å². The molecule has 0 radical (unpaired) electrons. The zero-order valence-corrected chi connectivity index (χ0v) is 17.3. The number of hydrogen-bond acceptors (Lipinski definition) is 2. The van der Waals surface area contributed by atoms with Crippen LogP contribution in [-0.4, -0.2) is 36.2 Å². The second kappa shape index (κ2) is 10.2. The Hall–Kier alpha value is -1.99. The van der Waals surface area contributed by atoms with E-state index in [9.17, 15) is 18.0 Å². The molecule has 1 heterocycles. The summed E-state index contributed by atoms with van der Waals surface area (Å²) in [6, 6.07) is 9.77. The molecule has 0 aliphatic carbocycles. The molecule has 0 saturated carbocycles. The molecule has 0 bridgehead atoms. The predicted molar refractivity (Wildman–Crippen MR) is 109 cm³/mol. The molecule has 156 valence electrons. The van der Waals surface area contributed by atoms with Crippen molar-refractivity contribution in [3.05, 3.63) is 71.0 Å².